The molecular weight excluding hydrogens is 1060 g/mol. The van der Waals surface area contributed by atoms with Crippen LogP contribution in [0.15, 0.2) is 121 Å². The number of amides is 1. The van der Waals surface area contributed by atoms with Crippen LogP contribution >= 0.6 is 31.9 Å². The molecule has 2 unspecified atom stereocenters. The number of ether oxygens (including phenoxy) is 8. The first-order chi connectivity index (χ1) is 35.0. The quantitative estimate of drug-likeness (QED) is 0.0592. The molecule has 4 aromatic carbocycles. The standard InChI is InChI=1S/C26H28BrNO6.C16H24N2O4.C12H11BrO3/c1-4-33-26(17-5-7-19(8-6-17)28-11-13-32-14-12-28)25(29)21-10-9-20(34-21)18-15-22(30-2)24(27)23(16-18)31-3;1-4-22-15(16(19)17(2)20-3)13-5-7-14(8-6-13)18-9-11-21-12-10-18;1-14-10-6-8(9-4-3-5-16-9)7-11(15-2)12(10)13/h5-10,15-16,26H,4,11-14H2,1-3H3;5-8,15H,4,9-12H2,1-3H3;3-7H,1-2H3. The Hall–Kier alpha value is -5.86. The molecule has 16 nitrogen and oxygen atoms in total. The van der Waals surface area contributed by atoms with Crippen molar-refractivity contribution in [1.29, 1.82) is 0 Å². The number of morpholine rings is 2. The first kappa shape index (κ1) is 55.5. The minimum absolute atomic E-state index is 0.219. The first-order valence-electron chi connectivity index (χ1n) is 23.4. The highest BCUT2D eigenvalue weighted by Gasteiger charge is 2.28. The van der Waals surface area contributed by atoms with Crippen molar-refractivity contribution in [2.24, 2.45) is 0 Å². The van der Waals surface area contributed by atoms with E-state index in [4.69, 9.17) is 51.6 Å². The van der Waals surface area contributed by atoms with E-state index >= 15 is 0 Å². The normalized spacial score (nSPS) is 14.2. The number of anilines is 2. The van der Waals surface area contributed by atoms with Crippen LogP contribution in [0.1, 0.15) is 47.7 Å². The zero-order valence-electron chi connectivity index (χ0n) is 41.9. The molecule has 2 aromatic heterocycles. The number of carbonyl (C=O) groups is 2. The van der Waals surface area contributed by atoms with Crippen molar-refractivity contribution in [3.63, 3.8) is 0 Å². The summed E-state index contributed by atoms with van der Waals surface area (Å²) in [5.41, 5.74) is 5.50. The van der Waals surface area contributed by atoms with Crippen LogP contribution in [0.25, 0.3) is 22.6 Å². The third kappa shape index (κ3) is 14.2. The van der Waals surface area contributed by atoms with E-state index in [1.54, 1.807) is 53.9 Å². The van der Waals surface area contributed by atoms with Crippen molar-refractivity contribution in [2.75, 3.05) is 118 Å². The summed E-state index contributed by atoms with van der Waals surface area (Å²) in [6, 6.07) is 30.4. The van der Waals surface area contributed by atoms with E-state index in [9.17, 15) is 9.59 Å². The summed E-state index contributed by atoms with van der Waals surface area (Å²) in [5, 5.41) is 1.19. The molecule has 2 aliphatic rings. The summed E-state index contributed by atoms with van der Waals surface area (Å²) in [6.45, 7) is 11.0. The number of furan rings is 2. The van der Waals surface area contributed by atoms with Gasteiger partial charge >= 0.3 is 0 Å². The molecule has 1 amide bonds. The lowest BCUT2D eigenvalue weighted by atomic mass is 10.0. The highest BCUT2D eigenvalue weighted by atomic mass is 79.9. The molecule has 6 aromatic rings. The van der Waals surface area contributed by atoms with Crippen molar-refractivity contribution in [2.45, 2.75) is 26.1 Å². The molecule has 8 rings (SSSR count). The molecular formula is C54H63Br2N3O13. The SMILES string of the molecule is CCOC(C(=O)N(C)OC)c1ccc(N2CCOCC2)cc1.CCOC(C(=O)c1ccc(-c2cc(OC)c(Br)c(OC)c2)o1)c1ccc(N2CCOCC2)cc1.COc1cc(-c2ccco2)cc(OC)c1Br. The Morgan fingerprint density at radius 2 is 1.03 bits per heavy atom. The van der Waals surface area contributed by atoms with Gasteiger partial charge in [-0.15, -0.1) is 0 Å². The van der Waals surface area contributed by atoms with Crippen LogP contribution in [-0.4, -0.2) is 125 Å². The van der Waals surface area contributed by atoms with Crippen LogP contribution in [0.2, 0.25) is 0 Å². The number of methoxy groups -OCH3 is 4. The third-order valence-electron chi connectivity index (χ3n) is 11.7. The van der Waals surface area contributed by atoms with E-state index in [1.165, 1.54) is 12.2 Å². The Labute approximate surface area is 438 Å². The van der Waals surface area contributed by atoms with Crippen LogP contribution in [0, 0.1) is 0 Å². The van der Waals surface area contributed by atoms with Crippen LogP contribution in [0.4, 0.5) is 11.4 Å². The maximum atomic E-state index is 13.4. The molecule has 0 spiro atoms. The van der Waals surface area contributed by atoms with Gasteiger partial charge in [0.05, 0.1) is 68.2 Å². The molecule has 72 heavy (non-hydrogen) atoms. The summed E-state index contributed by atoms with van der Waals surface area (Å²) in [4.78, 5) is 35.2. The van der Waals surface area contributed by atoms with E-state index < -0.39 is 12.2 Å². The maximum Gasteiger partial charge on any atom is 0.279 e. The Morgan fingerprint density at radius 3 is 1.43 bits per heavy atom. The fourth-order valence-corrected chi connectivity index (χ4v) is 8.91. The predicted octanol–water partition coefficient (Wildman–Crippen LogP) is 10.9. The Morgan fingerprint density at radius 1 is 0.597 bits per heavy atom. The second-order valence-corrected chi connectivity index (χ2v) is 17.6. The number of hydrogen-bond acceptors (Lipinski definition) is 15. The molecule has 386 valence electrons. The number of rotatable bonds is 18. The van der Waals surface area contributed by atoms with Crippen LogP contribution < -0.4 is 28.7 Å². The zero-order valence-corrected chi connectivity index (χ0v) is 45.1. The average Bonchev–Trinajstić information content (AvgIpc) is 4.17. The van der Waals surface area contributed by atoms with Gasteiger partial charge in [-0.05, 0) is 130 Å². The maximum absolute atomic E-state index is 13.4. The number of carbonyl (C=O) groups excluding carboxylic acids is 2. The largest absolute Gasteiger partial charge is 0.495 e. The van der Waals surface area contributed by atoms with E-state index in [0.29, 0.717) is 46.4 Å². The monoisotopic (exact) mass is 1120 g/mol. The van der Waals surface area contributed by atoms with Gasteiger partial charge in [-0.3, -0.25) is 14.4 Å². The van der Waals surface area contributed by atoms with E-state index in [1.807, 2.05) is 98.8 Å². The van der Waals surface area contributed by atoms with Crippen molar-refractivity contribution in [1.82, 2.24) is 5.06 Å². The van der Waals surface area contributed by atoms with Gasteiger partial charge in [0.25, 0.3) is 5.91 Å². The van der Waals surface area contributed by atoms with Crippen molar-refractivity contribution in [3.05, 3.63) is 129 Å². The summed E-state index contributed by atoms with van der Waals surface area (Å²) in [5.74, 6) is 3.72. The molecule has 4 heterocycles. The molecule has 2 fully saturated rings. The number of halogens is 2. The molecule has 0 aliphatic carbocycles. The lowest BCUT2D eigenvalue weighted by Crippen LogP contribution is -2.36. The summed E-state index contributed by atoms with van der Waals surface area (Å²) >= 11 is 6.89. The third-order valence-corrected chi connectivity index (χ3v) is 13.3. The highest BCUT2D eigenvalue weighted by molar-refractivity contribution is 9.11. The fourth-order valence-electron chi connectivity index (χ4n) is 7.81. The van der Waals surface area contributed by atoms with E-state index in [2.05, 4.69) is 41.7 Å². The van der Waals surface area contributed by atoms with Gasteiger partial charge < -0.3 is 56.5 Å². The van der Waals surface area contributed by atoms with Crippen LogP contribution in [0.3, 0.4) is 0 Å². The number of benzene rings is 4. The number of Topliss-reactive ketones (excluding diaryl/α,β-unsaturated/α-hetero) is 1. The smallest absolute Gasteiger partial charge is 0.279 e. The van der Waals surface area contributed by atoms with E-state index in [0.717, 1.165) is 96.5 Å². The molecule has 2 saturated heterocycles. The average molecular weight is 1120 g/mol. The van der Waals surface area contributed by atoms with Gasteiger partial charge in [0, 0.05) is 68.9 Å². The molecule has 0 N–H and O–H groups in total. The number of hydroxylamine groups is 2. The molecule has 0 saturated carbocycles. The second-order valence-electron chi connectivity index (χ2n) is 16.0. The van der Waals surface area contributed by atoms with Gasteiger partial charge in [0.1, 0.15) is 49.6 Å². The number of likely N-dealkylation sites (N-methyl/N-ethyl adjacent to an activating group) is 1. The molecule has 2 atom stereocenters. The first-order valence-corrected chi connectivity index (χ1v) is 25.0. The minimum atomic E-state index is -0.753. The van der Waals surface area contributed by atoms with Gasteiger partial charge in [-0.25, -0.2) is 5.06 Å². The fraction of sp³-hybridized carbons (Fsp3) is 0.370. The number of hydrogen-bond donors (Lipinski definition) is 0. The summed E-state index contributed by atoms with van der Waals surface area (Å²) < 4.78 is 56.4. The lowest BCUT2D eigenvalue weighted by molar-refractivity contribution is -0.181. The molecule has 18 heteroatoms. The summed E-state index contributed by atoms with van der Waals surface area (Å²) in [7, 11) is 9.44. The second kappa shape index (κ2) is 27.8. The van der Waals surface area contributed by atoms with Gasteiger partial charge in [-0.2, -0.15) is 0 Å². The lowest BCUT2D eigenvalue weighted by Gasteiger charge is -2.29. The Balaban J connectivity index is 0.000000191. The van der Waals surface area contributed by atoms with Crippen molar-refractivity contribution >= 4 is 54.9 Å². The summed E-state index contributed by atoms with van der Waals surface area (Å²) in [6.07, 6.45) is 0.237. The number of ketones is 1. The topological polar surface area (TPSA) is 153 Å². The molecule has 0 radical (unpaired) electrons. The highest BCUT2D eigenvalue weighted by Crippen LogP contribution is 2.41. The van der Waals surface area contributed by atoms with Crippen molar-refractivity contribution < 1.29 is 61.2 Å². The Bertz CT molecular complexity index is 2560. The number of nitrogens with zero attached hydrogens (tertiary/aromatic N) is 3. The van der Waals surface area contributed by atoms with Crippen molar-refractivity contribution in [3.8, 4) is 45.6 Å². The zero-order chi connectivity index (χ0) is 51.6. The van der Waals surface area contributed by atoms with Gasteiger partial charge in [0.2, 0.25) is 5.78 Å². The molecule has 2 aliphatic heterocycles. The van der Waals surface area contributed by atoms with Crippen LogP contribution in [-0.2, 0) is 28.6 Å². The molecule has 0 bridgehead atoms. The minimum Gasteiger partial charge on any atom is -0.495 e. The van der Waals surface area contributed by atoms with Gasteiger partial charge in [0.15, 0.2) is 11.9 Å². The van der Waals surface area contributed by atoms with Crippen LogP contribution in [0.5, 0.6) is 23.0 Å². The predicted molar refractivity (Wildman–Crippen MR) is 282 cm³/mol. The van der Waals surface area contributed by atoms with E-state index in [-0.39, 0.29) is 17.5 Å². The van der Waals surface area contributed by atoms with Gasteiger partial charge in [-0.1, -0.05) is 24.3 Å². The Kier molecular flexibility index (Phi) is 21.4.